The zero-order valence-corrected chi connectivity index (χ0v) is 50.9. The van der Waals surface area contributed by atoms with Crippen molar-refractivity contribution in [1.29, 1.82) is 0 Å². The highest BCUT2D eigenvalue weighted by Crippen LogP contribution is 2.41. The summed E-state index contributed by atoms with van der Waals surface area (Å²) in [5, 5.41) is 28.5. The van der Waals surface area contributed by atoms with Crippen molar-refractivity contribution in [3.8, 4) is 11.3 Å². The Labute approximate surface area is 495 Å². The topological polar surface area (TPSA) is 305 Å². The molecule has 1 aliphatic rings. The SMILES string of the molecule is CC.CC(=O)N(CC(=O)NC(C(=O)NCC(=O)Nc1ccc(COC(=O)N2CC(F)C(CN(C(=O)[C@H](C)O)C(c3nc(-c4cc(C)ccc4F)cn3Cc3cccc(F)c3)C(C)(C)C)C2)cc1)C(C)C)C(C)=O.CCC(=O)O.CCCNC(N)=O. The third-order valence-corrected chi connectivity index (χ3v) is 12.7. The van der Waals surface area contributed by atoms with Gasteiger partial charge in [-0.05, 0) is 79.1 Å². The highest BCUT2D eigenvalue weighted by molar-refractivity contribution is 5.99. The number of nitrogens with two attached hydrogens (primary N) is 1. The van der Waals surface area contributed by atoms with Gasteiger partial charge in [0.05, 0.1) is 24.8 Å². The van der Waals surface area contributed by atoms with E-state index in [0.29, 0.717) is 29.2 Å². The standard InChI is InChI=1S/C51H63F3N8O9.C4H10N2O.C3H6O2.C2H6/c1-29(2)45(58-44(67)27-61(32(5)64)33(6)65)48(68)55-21-43(66)56-38-16-14-34(15-17-38)28-71-50(70)60-23-36(41(54)25-60)24-62(49(69)31(4)63)46(51(7,8)9)47-57-42(39-19-30(3)13-18-40(39)53)26-59(47)22-35-11-10-12-37(52)20-35;1-2-3-6-4(5)7;1-2-3(4)5;1-2/h10-20,26,29,31,36,41,45-46,63H,21-25,27-28H2,1-9H3,(H,55,68)(H,56,66)(H,58,67);2-3H2,1H3,(H3,5,6,7);2H2,1H3,(H,4,5);1-2H3/t31-,36?,41?,45?,46?;;;/m0.../s1. The van der Waals surface area contributed by atoms with E-state index in [-0.39, 0.29) is 50.5 Å². The van der Waals surface area contributed by atoms with Gasteiger partial charge in [0, 0.05) is 69.8 Å². The molecule has 25 heteroatoms. The van der Waals surface area contributed by atoms with Crippen LogP contribution in [-0.2, 0) is 51.5 Å². The number of imidazole rings is 1. The van der Waals surface area contributed by atoms with E-state index in [0.717, 1.165) is 30.7 Å². The highest BCUT2D eigenvalue weighted by atomic mass is 19.1. The molecule has 1 aliphatic heterocycles. The number of nitrogens with one attached hydrogen (secondary N) is 4. The third-order valence-electron chi connectivity index (χ3n) is 12.7. The second kappa shape index (κ2) is 35.1. The van der Waals surface area contributed by atoms with Crippen molar-refractivity contribution in [2.75, 3.05) is 44.6 Å². The van der Waals surface area contributed by atoms with E-state index in [2.05, 4.69) is 21.3 Å². The lowest BCUT2D eigenvalue weighted by atomic mass is 9.84. The molecule has 4 aromatic rings. The molecule has 0 radical (unpaired) electrons. The molecular weight excluding hydrogens is 1110 g/mol. The van der Waals surface area contributed by atoms with Gasteiger partial charge in [0.1, 0.15) is 48.9 Å². The lowest BCUT2D eigenvalue weighted by molar-refractivity contribution is -0.146. The number of urea groups is 1. The number of aliphatic carboxylic acids is 1. The predicted molar refractivity (Wildman–Crippen MR) is 314 cm³/mol. The van der Waals surface area contributed by atoms with Crippen LogP contribution in [0, 0.1) is 35.8 Å². The number of carboxylic acids is 1. The molecule has 9 amide bonds. The molecule has 5 rings (SSSR count). The first-order chi connectivity index (χ1) is 39.9. The second-order valence-electron chi connectivity index (χ2n) is 21.3. The van der Waals surface area contributed by atoms with Crippen LogP contribution in [0.25, 0.3) is 11.3 Å². The minimum absolute atomic E-state index is 0.0851. The average molecular weight is 1200 g/mol. The number of hydrogen-bond acceptors (Lipinski definition) is 12. The summed E-state index contributed by atoms with van der Waals surface area (Å²) in [5.74, 6) is -6.74. The molecule has 8 N–H and O–H groups in total. The molecule has 2 heterocycles. The quantitative estimate of drug-likeness (QED) is 0.0433. The second-order valence-corrected chi connectivity index (χ2v) is 21.3. The van der Waals surface area contributed by atoms with Crippen LogP contribution in [0.15, 0.2) is 72.9 Å². The van der Waals surface area contributed by atoms with E-state index in [1.54, 1.807) is 80.1 Å². The Morgan fingerprint density at radius 3 is 2.01 bits per heavy atom. The van der Waals surface area contributed by atoms with Crippen molar-refractivity contribution in [3.63, 3.8) is 0 Å². The number of nitrogens with zero attached hydrogens (tertiary/aromatic N) is 5. The number of rotatable bonds is 21. The Bertz CT molecular complexity index is 2880. The van der Waals surface area contributed by atoms with Crippen LogP contribution >= 0.6 is 0 Å². The first-order valence-corrected chi connectivity index (χ1v) is 28.0. The molecular formula is C60H85F3N10O12. The molecule has 1 aromatic heterocycles. The number of halogens is 3. The number of anilines is 1. The smallest absolute Gasteiger partial charge is 0.410 e. The number of benzene rings is 3. The van der Waals surface area contributed by atoms with Crippen LogP contribution < -0.4 is 27.0 Å². The van der Waals surface area contributed by atoms with Crippen molar-refractivity contribution in [2.45, 2.75) is 140 Å². The fourth-order valence-corrected chi connectivity index (χ4v) is 8.53. The maximum atomic E-state index is 16.1. The van der Waals surface area contributed by atoms with Crippen molar-refractivity contribution < 1.29 is 71.3 Å². The maximum absolute atomic E-state index is 16.1. The van der Waals surface area contributed by atoms with Crippen LogP contribution in [0.3, 0.4) is 0 Å². The summed E-state index contributed by atoms with van der Waals surface area (Å²) >= 11 is 0. The van der Waals surface area contributed by atoms with Crippen molar-refractivity contribution in [1.82, 2.24) is 40.2 Å². The van der Waals surface area contributed by atoms with E-state index in [4.69, 9.17) is 20.6 Å². The summed E-state index contributed by atoms with van der Waals surface area (Å²) in [6, 6.07) is 14.4. The van der Waals surface area contributed by atoms with E-state index in [9.17, 15) is 52.6 Å². The van der Waals surface area contributed by atoms with Crippen LogP contribution in [-0.4, -0.2) is 146 Å². The molecule has 0 bridgehead atoms. The number of hydrogen-bond donors (Lipinski definition) is 7. The number of primary amides is 1. The molecule has 85 heavy (non-hydrogen) atoms. The number of aromatic nitrogens is 2. The Morgan fingerprint density at radius 1 is 0.871 bits per heavy atom. The zero-order chi connectivity index (χ0) is 64.5. The Kier molecular flexibility index (Phi) is 30.0. The van der Waals surface area contributed by atoms with Crippen molar-refractivity contribution in [2.24, 2.45) is 23.0 Å². The Morgan fingerprint density at radius 2 is 1.49 bits per heavy atom. The predicted octanol–water partition coefficient (Wildman–Crippen LogP) is 7.25. The summed E-state index contributed by atoms with van der Waals surface area (Å²) in [7, 11) is 0. The molecule has 1 saturated heterocycles. The first kappa shape index (κ1) is 72.8. The van der Waals surface area contributed by atoms with Crippen molar-refractivity contribution in [3.05, 3.63) is 107 Å². The summed E-state index contributed by atoms with van der Waals surface area (Å²) in [5.41, 5.74) is 6.58. The van der Waals surface area contributed by atoms with Gasteiger partial charge in [-0.25, -0.2) is 27.7 Å². The van der Waals surface area contributed by atoms with Gasteiger partial charge in [-0.15, -0.1) is 0 Å². The normalized spacial score (nSPS) is 14.4. The van der Waals surface area contributed by atoms with E-state index < -0.39 is 120 Å². The van der Waals surface area contributed by atoms with Crippen LogP contribution in [0.4, 0.5) is 28.4 Å². The number of amides is 9. The molecule has 4 unspecified atom stereocenters. The maximum Gasteiger partial charge on any atom is 0.410 e. The van der Waals surface area contributed by atoms with Crippen LogP contribution in [0.5, 0.6) is 0 Å². The number of ether oxygens (including phenoxy) is 1. The zero-order valence-electron chi connectivity index (χ0n) is 50.9. The highest BCUT2D eigenvalue weighted by Gasteiger charge is 2.44. The largest absolute Gasteiger partial charge is 0.481 e. The van der Waals surface area contributed by atoms with Gasteiger partial charge in [0.15, 0.2) is 0 Å². The average Bonchev–Trinajstić information content (AvgIpc) is 2.32. The van der Waals surface area contributed by atoms with Gasteiger partial charge in [-0.3, -0.25) is 38.5 Å². The molecule has 0 aliphatic carbocycles. The summed E-state index contributed by atoms with van der Waals surface area (Å²) in [6.45, 7) is 20.6. The number of likely N-dealkylation sites (tertiary alicyclic amines) is 1. The third kappa shape index (κ3) is 24.0. The number of aliphatic hydroxyl groups is 1. The van der Waals surface area contributed by atoms with Gasteiger partial charge < -0.3 is 56.3 Å². The molecule has 0 saturated carbocycles. The fourth-order valence-electron chi connectivity index (χ4n) is 8.53. The molecule has 468 valence electrons. The van der Waals surface area contributed by atoms with E-state index in [1.807, 2.05) is 48.5 Å². The fraction of sp³-hybridized carbons (Fsp3) is 0.500. The van der Waals surface area contributed by atoms with Crippen LogP contribution in [0.1, 0.15) is 124 Å². The van der Waals surface area contributed by atoms with Gasteiger partial charge in [0.2, 0.25) is 29.5 Å². The number of imide groups is 1. The summed E-state index contributed by atoms with van der Waals surface area (Å²) in [4.78, 5) is 116. The molecule has 5 atom stereocenters. The summed E-state index contributed by atoms with van der Waals surface area (Å²) < 4.78 is 53.1. The van der Waals surface area contributed by atoms with Crippen LogP contribution in [0.2, 0.25) is 0 Å². The molecule has 22 nitrogen and oxygen atoms in total. The lowest BCUT2D eigenvalue weighted by Gasteiger charge is -2.41. The van der Waals surface area contributed by atoms with Gasteiger partial charge >= 0.3 is 18.1 Å². The monoisotopic (exact) mass is 1190 g/mol. The minimum atomic E-state index is -1.60. The number of aliphatic hydroxyl groups excluding tert-OH is 1. The van der Waals surface area contributed by atoms with E-state index >= 15 is 8.78 Å². The number of carbonyl (C=O) groups excluding carboxylic acids is 8. The Balaban J connectivity index is 0.00000158. The molecule has 0 spiro atoms. The van der Waals surface area contributed by atoms with Gasteiger partial charge in [-0.2, -0.15) is 0 Å². The Hall–Kier alpha value is -8.35. The first-order valence-electron chi connectivity index (χ1n) is 28.0. The summed E-state index contributed by atoms with van der Waals surface area (Å²) in [6.07, 6.45) is -1.15. The van der Waals surface area contributed by atoms with E-state index in [1.165, 1.54) is 34.9 Å². The van der Waals surface area contributed by atoms with Crippen molar-refractivity contribution >= 4 is 59.2 Å². The number of carboxylic acid groups (broad SMARTS) is 1. The number of carbonyl (C=O) groups is 9. The van der Waals surface area contributed by atoms with Gasteiger partial charge in [0.25, 0.3) is 5.91 Å². The molecule has 3 aromatic carbocycles. The van der Waals surface area contributed by atoms with Gasteiger partial charge in [-0.1, -0.05) is 98.2 Å². The lowest BCUT2D eigenvalue weighted by Crippen LogP contribution is -2.53. The molecule has 1 fully saturated rings. The number of aryl methyl sites for hydroxylation is 1. The minimum Gasteiger partial charge on any atom is -0.481 e. The number of alkyl halides is 1.